The molecule has 0 spiro atoms. The molecule has 0 radical (unpaired) electrons. The van der Waals surface area contributed by atoms with Gasteiger partial charge >= 0.3 is 5.97 Å². The van der Waals surface area contributed by atoms with Crippen LogP contribution in [0.1, 0.15) is 10.4 Å². The van der Waals surface area contributed by atoms with Crippen molar-refractivity contribution in [2.45, 2.75) is 0 Å². The fourth-order valence-electron chi connectivity index (χ4n) is 1.88. The number of carbonyl (C=O) groups excluding carboxylic acids is 1. The maximum atomic E-state index is 11.8. The lowest BCUT2D eigenvalue weighted by atomic mass is 10.1. The predicted molar refractivity (Wildman–Crippen MR) is 70.6 cm³/mol. The van der Waals surface area contributed by atoms with Gasteiger partial charge in [0.25, 0.3) is 0 Å². The van der Waals surface area contributed by atoms with Crippen LogP contribution < -0.4 is 15.2 Å². The van der Waals surface area contributed by atoms with Crippen molar-refractivity contribution >= 4 is 22.7 Å². The second kappa shape index (κ2) is 5.01. The number of fused-ring (bicyclic) bond motifs is 1. The van der Waals surface area contributed by atoms with Gasteiger partial charge in [0.15, 0.2) is 0 Å². The van der Waals surface area contributed by atoms with Gasteiger partial charge in [0.05, 0.1) is 37.8 Å². The van der Waals surface area contributed by atoms with Gasteiger partial charge in [0.2, 0.25) is 0 Å². The number of nitrogens with two attached hydrogens (primary N) is 1. The van der Waals surface area contributed by atoms with Gasteiger partial charge in [0, 0.05) is 12.1 Å². The molecule has 0 bridgehead atoms. The molecule has 0 aliphatic heterocycles. The van der Waals surface area contributed by atoms with E-state index in [0.717, 1.165) is 0 Å². The molecule has 0 amide bonds. The van der Waals surface area contributed by atoms with E-state index < -0.39 is 5.97 Å². The number of pyridine rings is 1. The molecule has 19 heavy (non-hydrogen) atoms. The molecule has 2 N–H and O–H groups in total. The Hall–Kier alpha value is -2.50. The first kappa shape index (κ1) is 12.9. The zero-order valence-electron chi connectivity index (χ0n) is 10.9. The first-order chi connectivity index (χ1) is 9.10. The van der Waals surface area contributed by atoms with E-state index in [1.54, 1.807) is 12.1 Å². The van der Waals surface area contributed by atoms with Crippen molar-refractivity contribution in [3.63, 3.8) is 0 Å². The molecule has 2 aromatic rings. The van der Waals surface area contributed by atoms with E-state index >= 15 is 0 Å². The summed E-state index contributed by atoms with van der Waals surface area (Å²) in [4.78, 5) is 16.0. The lowest BCUT2D eigenvalue weighted by Gasteiger charge is -2.12. The van der Waals surface area contributed by atoms with Gasteiger partial charge in [-0.2, -0.15) is 0 Å². The van der Waals surface area contributed by atoms with Gasteiger partial charge in [-0.15, -0.1) is 0 Å². The normalized spacial score (nSPS) is 10.3. The minimum Gasteiger partial charge on any atom is -0.497 e. The maximum absolute atomic E-state index is 11.8. The number of nitrogen functional groups attached to an aromatic ring is 1. The fourth-order valence-corrected chi connectivity index (χ4v) is 1.88. The lowest BCUT2D eigenvalue weighted by molar-refractivity contribution is 0.0602. The number of benzene rings is 1. The van der Waals surface area contributed by atoms with Crippen LogP contribution in [-0.2, 0) is 4.74 Å². The first-order valence-electron chi connectivity index (χ1n) is 5.51. The van der Waals surface area contributed by atoms with Crippen LogP contribution in [0.15, 0.2) is 18.2 Å². The second-order valence-electron chi connectivity index (χ2n) is 3.81. The van der Waals surface area contributed by atoms with Crippen LogP contribution in [0.2, 0.25) is 0 Å². The van der Waals surface area contributed by atoms with E-state index in [9.17, 15) is 4.79 Å². The molecule has 6 nitrogen and oxygen atoms in total. The van der Waals surface area contributed by atoms with E-state index in [0.29, 0.717) is 28.0 Å². The molecule has 0 fully saturated rings. The van der Waals surface area contributed by atoms with Crippen molar-refractivity contribution in [1.82, 2.24) is 4.98 Å². The minimum absolute atomic E-state index is 0.225. The molecule has 0 aliphatic rings. The molecule has 1 aromatic heterocycles. The van der Waals surface area contributed by atoms with Crippen molar-refractivity contribution in [2.24, 2.45) is 0 Å². The number of nitrogens with zero attached hydrogens (tertiary/aromatic N) is 1. The van der Waals surface area contributed by atoms with Crippen molar-refractivity contribution in [3.8, 4) is 11.5 Å². The number of carbonyl (C=O) groups is 1. The van der Waals surface area contributed by atoms with Gasteiger partial charge < -0.3 is 19.9 Å². The monoisotopic (exact) mass is 262 g/mol. The number of aromatic nitrogens is 1. The Morgan fingerprint density at radius 3 is 2.47 bits per heavy atom. The second-order valence-corrected chi connectivity index (χ2v) is 3.81. The van der Waals surface area contributed by atoms with Crippen LogP contribution in [-0.4, -0.2) is 32.3 Å². The van der Waals surface area contributed by atoms with Crippen LogP contribution >= 0.6 is 0 Å². The van der Waals surface area contributed by atoms with E-state index in [1.165, 1.54) is 27.4 Å². The highest BCUT2D eigenvalue weighted by Crippen LogP contribution is 2.33. The van der Waals surface area contributed by atoms with Crippen molar-refractivity contribution < 1.29 is 19.0 Å². The van der Waals surface area contributed by atoms with Crippen molar-refractivity contribution in [2.75, 3.05) is 27.1 Å². The average molecular weight is 262 g/mol. The standard InChI is InChI=1S/C13H14N2O4/c1-17-7-4-9-12(10(5-7)18-2)8(13(16)19-3)6-11(14)15-9/h4-6H,1-3H3,(H2,14,15). The quantitative estimate of drug-likeness (QED) is 0.846. The smallest absolute Gasteiger partial charge is 0.338 e. The highest BCUT2D eigenvalue weighted by molar-refractivity contribution is 6.07. The summed E-state index contributed by atoms with van der Waals surface area (Å²) in [6.45, 7) is 0. The average Bonchev–Trinajstić information content (AvgIpc) is 2.43. The van der Waals surface area contributed by atoms with Gasteiger partial charge in [-0.25, -0.2) is 9.78 Å². The molecule has 0 unspecified atom stereocenters. The topological polar surface area (TPSA) is 83.7 Å². The van der Waals surface area contributed by atoms with Crippen molar-refractivity contribution in [3.05, 3.63) is 23.8 Å². The van der Waals surface area contributed by atoms with E-state index in [-0.39, 0.29) is 5.82 Å². The molecular formula is C13H14N2O4. The van der Waals surface area contributed by atoms with E-state index in [1.807, 2.05) is 0 Å². The minimum atomic E-state index is -0.498. The zero-order valence-corrected chi connectivity index (χ0v) is 10.9. The fraction of sp³-hybridized carbons (Fsp3) is 0.231. The Balaban J connectivity index is 2.85. The highest BCUT2D eigenvalue weighted by atomic mass is 16.5. The molecular weight excluding hydrogens is 248 g/mol. The Kier molecular flexibility index (Phi) is 3.41. The molecule has 0 atom stereocenters. The SMILES string of the molecule is COC(=O)c1cc(N)nc2cc(OC)cc(OC)c12. The summed E-state index contributed by atoms with van der Waals surface area (Å²) < 4.78 is 15.2. The summed E-state index contributed by atoms with van der Waals surface area (Å²) in [5, 5.41) is 0.546. The van der Waals surface area contributed by atoms with Gasteiger partial charge in [-0.3, -0.25) is 0 Å². The molecule has 100 valence electrons. The zero-order chi connectivity index (χ0) is 14.0. The third-order valence-electron chi connectivity index (χ3n) is 2.73. The molecule has 0 aliphatic carbocycles. The number of methoxy groups -OCH3 is 3. The summed E-state index contributed by atoms with van der Waals surface area (Å²) in [6.07, 6.45) is 0. The summed E-state index contributed by atoms with van der Waals surface area (Å²) in [5.74, 6) is 0.770. The Morgan fingerprint density at radius 2 is 1.89 bits per heavy atom. The number of esters is 1. The van der Waals surface area contributed by atoms with Gasteiger partial charge in [0.1, 0.15) is 17.3 Å². The van der Waals surface area contributed by atoms with Gasteiger partial charge in [-0.1, -0.05) is 0 Å². The third kappa shape index (κ3) is 2.24. The van der Waals surface area contributed by atoms with E-state index in [2.05, 4.69) is 4.98 Å². The molecule has 0 saturated heterocycles. The molecule has 0 saturated carbocycles. The van der Waals surface area contributed by atoms with Crippen LogP contribution in [0.5, 0.6) is 11.5 Å². The largest absolute Gasteiger partial charge is 0.497 e. The number of anilines is 1. The number of hydrogen-bond donors (Lipinski definition) is 1. The summed E-state index contributed by atoms with van der Waals surface area (Å²) in [7, 11) is 4.35. The Morgan fingerprint density at radius 1 is 1.16 bits per heavy atom. The number of hydrogen-bond acceptors (Lipinski definition) is 6. The molecule has 6 heteroatoms. The van der Waals surface area contributed by atoms with Crippen LogP contribution in [0, 0.1) is 0 Å². The summed E-state index contributed by atoms with van der Waals surface area (Å²) in [6, 6.07) is 4.82. The van der Waals surface area contributed by atoms with E-state index in [4.69, 9.17) is 19.9 Å². The molecule has 1 heterocycles. The number of rotatable bonds is 3. The maximum Gasteiger partial charge on any atom is 0.338 e. The summed E-state index contributed by atoms with van der Waals surface area (Å²) in [5.41, 5.74) is 6.52. The Labute approximate surface area is 110 Å². The predicted octanol–water partition coefficient (Wildman–Crippen LogP) is 1.62. The van der Waals surface area contributed by atoms with Crippen LogP contribution in [0.3, 0.4) is 0 Å². The molecule has 2 rings (SSSR count). The highest BCUT2D eigenvalue weighted by Gasteiger charge is 2.17. The lowest BCUT2D eigenvalue weighted by Crippen LogP contribution is -2.06. The molecule has 1 aromatic carbocycles. The number of ether oxygens (including phenoxy) is 3. The first-order valence-corrected chi connectivity index (χ1v) is 5.51. The summed E-state index contributed by atoms with van der Waals surface area (Å²) >= 11 is 0. The third-order valence-corrected chi connectivity index (χ3v) is 2.73. The van der Waals surface area contributed by atoms with Gasteiger partial charge in [-0.05, 0) is 6.07 Å². The Bertz CT molecular complexity index is 640. The van der Waals surface area contributed by atoms with Crippen LogP contribution in [0.4, 0.5) is 5.82 Å². The van der Waals surface area contributed by atoms with Crippen LogP contribution in [0.25, 0.3) is 10.9 Å². The van der Waals surface area contributed by atoms with Crippen molar-refractivity contribution in [1.29, 1.82) is 0 Å².